The first-order chi connectivity index (χ1) is 7.06. The summed E-state index contributed by atoms with van der Waals surface area (Å²) in [6.07, 6.45) is -0.267. The molecule has 0 rings (SSSR count). The number of hydrogen-bond donors (Lipinski definition) is 0. The van der Waals surface area contributed by atoms with Crippen LogP contribution in [0.3, 0.4) is 0 Å². The summed E-state index contributed by atoms with van der Waals surface area (Å²) in [6, 6.07) is -1.36. The number of hydrogen-bond acceptors (Lipinski definition) is 6. The van der Waals surface area contributed by atoms with E-state index in [4.69, 9.17) is 9.47 Å². The van der Waals surface area contributed by atoms with Gasteiger partial charge in [0.15, 0.2) is 6.29 Å². The Kier molecular flexibility index (Phi) is 6.56. The molecule has 0 radical (unpaired) electrons. The molecule has 0 spiro atoms. The minimum absolute atomic E-state index is 0.0199. The van der Waals surface area contributed by atoms with E-state index < -0.39 is 23.2 Å². The lowest BCUT2D eigenvalue weighted by Gasteiger charge is -2.13. The summed E-state index contributed by atoms with van der Waals surface area (Å²) >= 11 is 0. The molecule has 7 nitrogen and oxygen atoms in total. The lowest BCUT2D eigenvalue weighted by molar-refractivity contribution is -0.511. The zero-order valence-corrected chi connectivity index (χ0v) is 8.97. The predicted octanol–water partition coefficient (Wildman–Crippen LogP) is 0.204. The number of nitrogens with zero attached hydrogens (tertiary/aromatic N) is 1. The van der Waals surface area contributed by atoms with Gasteiger partial charge in [0.2, 0.25) is 0 Å². The molecule has 15 heavy (non-hydrogen) atoms. The van der Waals surface area contributed by atoms with Gasteiger partial charge in [0.05, 0.1) is 7.11 Å². The molecule has 0 amide bonds. The summed E-state index contributed by atoms with van der Waals surface area (Å²) in [7, 11) is 3.96. The van der Waals surface area contributed by atoms with Gasteiger partial charge in [-0.05, 0) is 0 Å². The smallest absolute Gasteiger partial charge is 0.381 e. The lowest BCUT2D eigenvalue weighted by atomic mass is 10.1. The van der Waals surface area contributed by atoms with E-state index in [0.29, 0.717) is 0 Å². The third-order valence-electron chi connectivity index (χ3n) is 1.93. The Morgan fingerprint density at radius 3 is 2.13 bits per heavy atom. The van der Waals surface area contributed by atoms with Gasteiger partial charge >= 0.3 is 12.0 Å². The van der Waals surface area contributed by atoms with E-state index in [9.17, 15) is 14.9 Å². The van der Waals surface area contributed by atoms with Gasteiger partial charge in [-0.25, -0.2) is 4.79 Å². The van der Waals surface area contributed by atoms with Crippen molar-refractivity contribution in [2.75, 3.05) is 21.3 Å². The Hall–Kier alpha value is -1.21. The van der Waals surface area contributed by atoms with Crippen LogP contribution in [0.4, 0.5) is 0 Å². The van der Waals surface area contributed by atoms with Crippen LogP contribution in [0.1, 0.15) is 12.8 Å². The number of esters is 1. The van der Waals surface area contributed by atoms with E-state index >= 15 is 0 Å². The van der Waals surface area contributed by atoms with E-state index in [2.05, 4.69) is 4.74 Å². The molecule has 0 saturated heterocycles. The predicted molar refractivity (Wildman–Crippen MR) is 49.8 cm³/mol. The van der Waals surface area contributed by atoms with E-state index in [0.717, 1.165) is 7.11 Å². The second-order valence-electron chi connectivity index (χ2n) is 2.80. The third kappa shape index (κ3) is 4.71. The number of nitro groups is 1. The van der Waals surface area contributed by atoms with Gasteiger partial charge in [-0.15, -0.1) is 0 Å². The van der Waals surface area contributed by atoms with Gasteiger partial charge in [0.25, 0.3) is 0 Å². The maximum Gasteiger partial charge on any atom is 0.381 e. The van der Waals surface area contributed by atoms with Crippen molar-refractivity contribution in [1.29, 1.82) is 0 Å². The molecule has 0 N–H and O–H groups in total. The van der Waals surface area contributed by atoms with Crippen molar-refractivity contribution in [3.63, 3.8) is 0 Å². The number of carbonyl (C=O) groups excluding carboxylic acids is 1. The van der Waals surface area contributed by atoms with E-state index in [1.807, 2.05) is 0 Å². The van der Waals surface area contributed by atoms with E-state index in [-0.39, 0.29) is 12.8 Å². The molecule has 0 aliphatic rings. The maximum atomic E-state index is 11.0. The summed E-state index contributed by atoms with van der Waals surface area (Å²) in [4.78, 5) is 20.8. The average molecular weight is 221 g/mol. The fourth-order valence-corrected chi connectivity index (χ4v) is 1.07. The molecule has 0 aliphatic heterocycles. The highest BCUT2D eigenvalue weighted by Crippen LogP contribution is 2.08. The molecule has 1 unspecified atom stereocenters. The molecule has 0 aromatic rings. The molecule has 0 aromatic heterocycles. The number of rotatable bonds is 7. The number of carbonyl (C=O) groups is 1. The first-order valence-corrected chi connectivity index (χ1v) is 4.33. The van der Waals surface area contributed by atoms with Gasteiger partial charge in [0, 0.05) is 32.0 Å². The second-order valence-corrected chi connectivity index (χ2v) is 2.80. The first-order valence-electron chi connectivity index (χ1n) is 4.33. The molecule has 0 bridgehead atoms. The number of ether oxygens (including phenoxy) is 3. The molecule has 0 saturated carbocycles. The molecule has 7 heteroatoms. The van der Waals surface area contributed by atoms with Crippen molar-refractivity contribution in [2.24, 2.45) is 0 Å². The minimum Gasteiger partial charge on any atom is -0.464 e. The van der Waals surface area contributed by atoms with Gasteiger partial charge in [-0.1, -0.05) is 0 Å². The standard InChI is InChI=1S/C8H15NO6/c1-13-7(14-2)5-4-6(9(11)12)8(10)15-3/h6-7H,4-5H2,1-3H3. The van der Waals surface area contributed by atoms with Crippen molar-refractivity contribution in [2.45, 2.75) is 25.2 Å². The van der Waals surface area contributed by atoms with Crippen LogP contribution in [0.15, 0.2) is 0 Å². The van der Waals surface area contributed by atoms with Gasteiger partial charge in [0.1, 0.15) is 0 Å². The highest BCUT2D eigenvalue weighted by atomic mass is 16.7. The summed E-state index contributed by atoms with van der Waals surface area (Å²) in [5.74, 6) is -0.856. The van der Waals surface area contributed by atoms with Crippen LogP contribution in [0.5, 0.6) is 0 Å². The molecule has 88 valence electrons. The molecule has 0 aromatic carbocycles. The highest BCUT2D eigenvalue weighted by Gasteiger charge is 2.31. The maximum absolute atomic E-state index is 11.0. The largest absolute Gasteiger partial charge is 0.464 e. The normalized spacial score (nSPS) is 12.5. The Morgan fingerprint density at radius 2 is 1.80 bits per heavy atom. The van der Waals surface area contributed by atoms with Gasteiger partial charge < -0.3 is 14.2 Å². The Morgan fingerprint density at radius 1 is 1.27 bits per heavy atom. The van der Waals surface area contributed by atoms with Gasteiger partial charge in [-0.2, -0.15) is 0 Å². The van der Waals surface area contributed by atoms with E-state index in [1.54, 1.807) is 0 Å². The van der Waals surface area contributed by atoms with Crippen molar-refractivity contribution >= 4 is 5.97 Å². The molecular weight excluding hydrogens is 206 g/mol. The number of methoxy groups -OCH3 is 3. The topological polar surface area (TPSA) is 87.9 Å². The molecule has 0 fully saturated rings. The van der Waals surface area contributed by atoms with Crippen LogP contribution < -0.4 is 0 Å². The van der Waals surface area contributed by atoms with Crippen LogP contribution in [-0.2, 0) is 19.0 Å². The van der Waals surface area contributed by atoms with Crippen LogP contribution in [0.25, 0.3) is 0 Å². The summed E-state index contributed by atoms with van der Waals surface area (Å²) in [6.45, 7) is 0. The SMILES string of the molecule is COC(=O)C(CCC(OC)OC)[N+](=O)[O-]. The molecule has 0 heterocycles. The molecule has 1 atom stereocenters. The van der Waals surface area contributed by atoms with Crippen molar-refractivity contribution < 1.29 is 23.9 Å². The monoisotopic (exact) mass is 221 g/mol. The van der Waals surface area contributed by atoms with Gasteiger partial charge in [-0.3, -0.25) is 10.1 Å². The van der Waals surface area contributed by atoms with Crippen LogP contribution >= 0.6 is 0 Å². The third-order valence-corrected chi connectivity index (χ3v) is 1.93. The second kappa shape index (κ2) is 7.13. The van der Waals surface area contributed by atoms with Crippen molar-refractivity contribution in [3.05, 3.63) is 10.1 Å². The van der Waals surface area contributed by atoms with Crippen molar-refractivity contribution in [3.8, 4) is 0 Å². The quantitative estimate of drug-likeness (QED) is 0.264. The molecular formula is C8H15NO6. The van der Waals surface area contributed by atoms with E-state index in [1.165, 1.54) is 14.2 Å². The van der Waals surface area contributed by atoms with Crippen molar-refractivity contribution in [1.82, 2.24) is 0 Å². The van der Waals surface area contributed by atoms with Crippen LogP contribution in [0, 0.1) is 10.1 Å². The van der Waals surface area contributed by atoms with Crippen LogP contribution in [-0.4, -0.2) is 44.6 Å². The van der Waals surface area contributed by atoms with Crippen LogP contribution in [0.2, 0.25) is 0 Å². The summed E-state index contributed by atoms with van der Waals surface area (Å²) in [5.41, 5.74) is 0. The fraction of sp³-hybridized carbons (Fsp3) is 0.875. The Balaban J connectivity index is 4.18. The zero-order chi connectivity index (χ0) is 11.8. The minimum atomic E-state index is -1.36. The summed E-state index contributed by atoms with van der Waals surface area (Å²) < 4.78 is 14.0. The average Bonchev–Trinajstić information content (AvgIpc) is 2.23. The Bertz CT molecular complexity index is 215. The molecule has 0 aliphatic carbocycles. The lowest BCUT2D eigenvalue weighted by Crippen LogP contribution is -2.32. The summed E-state index contributed by atoms with van der Waals surface area (Å²) in [5, 5.41) is 10.5. The fourth-order valence-electron chi connectivity index (χ4n) is 1.07. The highest BCUT2D eigenvalue weighted by molar-refractivity contribution is 5.74. The first kappa shape index (κ1) is 13.8. The zero-order valence-electron chi connectivity index (χ0n) is 8.97. The Labute approximate surface area is 87.4 Å².